The van der Waals surface area contributed by atoms with Crippen molar-refractivity contribution in [2.45, 2.75) is 19.6 Å². The first-order valence-electron chi connectivity index (χ1n) is 6.85. The van der Waals surface area contributed by atoms with Crippen molar-refractivity contribution >= 4 is 29.4 Å². The standard InChI is InChI=1S/C15H22N2O3S/c1-4-21-10-12-5-7-13(8-6-12)16-15(20)17(3)9-11(2)14(18)19/h5-8,11H,4,9-10H2,1-3H3,(H,16,20)(H,18,19). The van der Waals surface area contributed by atoms with Gasteiger partial charge >= 0.3 is 12.0 Å². The van der Waals surface area contributed by atoms with Gasteiger partial charge in [-0.2, -0.15) is 11.8 Å². The number of carboxylic acid groups (broad SMARTS) is 1. The molecule has 0 bridgehead atoms. The number of carbonyl (C=O) groups is 2. The van der Waals surface area contributed by atoms with Crippen molar-refractivity contribution in [3.8, 4) is 0 Å². The van der Waals surface area contributed by atoms with E-state index in [1.165, 1.54) is 10.5 Å². The summed E-state index contributed by atoms with van der Waals surface area (Å²) in [6, 6.07) is 7.38. The molecule has 0 saturated carbocycles. The number of benzene rings is 1. The van der Waals surface area contributed by atoms with Gasteiger partial charge in [0.2, 0.25) is 0 Å². The molecule has 5 nitrogen and oxygen atoms in total. The van der Waals surface area contributed by atoms with Crippen molar-refractivity contribution in [1.82, 2.24) is 4.90 Å². The molecule has 0 spiro atoms. The van der Waals surface area contributed by atoms with Crippen LogP contribution in [0.25, 0.3) is 0 Å². The Bertz CT molecular complexity index is 476. The highest BCUT2D eigenvalue weighted by Gasteiger charge is 2.17. The summed E-state index contributed by atoms with van der Waals surface area (Å²) in [4.78, 5) is 24.1. The van der Waals surface area contributed by atoms with Crippen molar-refractivity contribution in [2.24, 2.45) is 5.92 Å². The van der Waals surface area contributed by atoms with Crippen LogP contribution in [0.4, 0.5) is 10.5 Å². The third kappa shape index (κ3) is 6.08. The van der Waals surface area contributed by atoms with E-state index >= 15 is 0 Å². The van der Waals surface area contributed by atoms with Crippen LogP contribution in [0.1, 0.15) is 19.4 Å². The minimum absolute atomic E-state index is 0.173. The van der Waals surface area contributed by atoms with Crippen LogP contribution in [-0.4, -0.2) is 41.4 Å². The highest BCUT2D eigenvalue weighted by atomic mass is 32.2. The van der Waals surface area contributed by atoms with Crippen LogP contribution in [0, 0.1) is 5.92 Å². The minimum Gasteiger partial charge on any atom is -0.481 e. The normalized spacial score (nSPS) is 11.8. The Hall–Kier alpha value is -1.69. The molecule has 0 heterocycles. The number of urea groups is 1. The third-order valence-electron chi connectivity index (χ3n) is 2.99. The Labute approximate surface area is 129 Å². The van der Waals surface area contributed by atoms with Crippen LogP contribution in [-0.2, 0) is 10.5 Å². The number of carbonyl (C=O) groups excluding carboxylic acids is 1. The summed E-state index contributed by atoms with van der Waals surface area (Å²) in [5.74, 6) is 0.535. The number of thioether (sulfide) groups is 1. The quantitative estimate of drug-likeness (QED) is 0.812. The second-order valence-corrected chi connectivity index (χ2v) is 6.16. The first-order valence-corrected chi connectivity index (χ1v) is 8.01. The van der Waals surface area contributed by atoms with Gasteiger partial charge in [0, 0.05) is 25.0 Å². The van der Waals surface area contributed by atoms with Crippen LogP contribution in [0.5, 0.6) is 0 Å². The zero-order valence-corrected chi connectivity index (χ0v) is 13.4. The molecule has 0 aliphatic rings. The fraction of sp³-hybridized carbons (Fsp3) is 0.467. The first kappa shape index (κ1) is 17.4. The summed E-state index contributed by atoms with van der Waals surface area (Å²) in [7, 11) is 1.58. The zero-order valence-electron chi connectivity index (χ0n) is 12.6. The van der Waals surface area contributed by atoms with Crippen molar-refractivity contribution in [2.75, 3.05) is 24.7 Å². The van der Waals surface area contributed by atoms with Crippen LogP contribution in [0.15, 0.2) is 24.3 Å². The van der Waals surface area contributed by atoms with Gasteiger partial charge < -0.3 is 15.3 Å². The molecule has 0 saturated heterocycles. The molecular formula is C15H22N2O3S. The van der Waals surface area contributed by atoms with Crippen LogP contribution < -0.4 is 5.32 Å². The van der Waals surface area contributed by atoms with Crippen molar-refractivity contribution in [1.29, 1.82) is 0 Å². The Morgan fingerprint density at radius 3 is 2.48 bits per heavy atom. The highest BCUT2D eigenvalue weighted by molar-refractivity contribution is 7.98. The van der Waals surface area contributed by atoms with E-state index in [0.29, 0.717) is 5.69 Å². The first-order chi connectivity index (χ1) is 9.93. The molecule has 1 unspecified atom stereocenters. The number of amides is 2. The van der Waals surface area contributed by atoms with Crippen LogP contribution >= 0.6 is 11.8 Å². The monoisotopic (exact) mass is 310 g/mol. The van der Waals surface area contributed by atoms with Gasteiger partial charge in [0.1, 0.15) is 0 Å². The number of nitrogens with one attached hydrogen (secondary N) is 1. The van der Waals surface area contributed by atoms with Gasteiger partial charge in [0.25, 0.3) is 0 Å². The van der Waals surface area contributed by atoms with Gasteiger partial charge in [-0.25, -0.2) is 4.79 Å². The number of carboxylic acids is 1. The lowest BCUT2D eigenvalue weighted by Crippen LogP contribution is -2.36. The van der Waals surface area contributed by atoms with Crippen molar-refractivity contribution < 1.29 is 14.7 Å². The molecule has 116 valence electrons. The molecule has 1 rings (SSSR count). The predicted molar refractivity (Wildman–Crippen MR) is 86.7 cm³/mol. The molecule has 0 aromatic heterocycles. The summed E-state index contributed by atoms with van der Waals surface area (Å²) in [6.07, 6.45) is 0. The average molecular weight is 310 g/mol. The SMILES string of the molecule is CCSCc1ccc(NC(=O)N(C)CC(C)C(=O)O)cc1. The largest absolute Gasteiger partial charge is 0.481 e. The third-order valence-corrected chi connectivity index (χ3v) is 3.94. The van der Waals surface area contributed by atoms with Crippen LogP contribution in [0.2, 0.25) is 0 Å². The zero-order chi connectivity index (χ0) is 15.8. The van der Waals surface area contributed by atoms with E-state index in [9.17, 15) is 9.59 Å². The number of hydrogen-bond acceptors (Lipinski definition) is 3. The molecule has 6 heteroatoms. The lowest BCUT2D eigenvalue weighted by molar-refractivity contribution is -0.141. The number of aliphatic carboxylic acids is 1. The molecule has 2 N–H and O–H groups in total. The molecule has 21 heavy (non-hydrogen) atoms. The van der Waals surface area contributed by atoms with Gasteiger partial charge in [0.15, 0.2) is 0 Å². The van der Waals surface area contributed by atoms with E-state index in [-0.39, 0.29) is 12.6 Å². The maximum absolute atomic E-state index is 11.9. The summed E-state index contributed by atoms with van der Waals surface area (Å²) < 4.78 is 0. The summed E-state index contributed by atoms with van der Waals surface area (Å²) in [6.45, 7) is 3.87. The number of nitrogens with zero attached hydrogens (tertiary/aromatic N) is 1. The van der Waals surface area contributed by atoms with Gasteiger partial charge in [0.05, 0.1) is 5.92 Å². The highest BCUT2D eigenvalue weighted by Crippen LogP contribution is 2.15. The fourth-order valence-electron chi connectivity index (χ4n) is 1.69. The van der Waals surface area contributed by atoms with E-state index < -0.39 is 11.9 Å². The Morgan fingerprint density at radius 2 is 1.95 bits per heavy atom. The van der Waals surface area contributed by atoms with Gasteiger partial charge in [-0.1, -0.05) is 26.0 Å². The summed E-state index contributed by atoms with van der Waals surface area (Å²) in [5, 5.41) is 11.6. The molecule has 1 aromatic carbocycles. The maximum Gasteiger partial charge on any atom is 0.321 e. The van der Waals surface area contributed by atoms with Gasteiger partial charge in [-0.05, 0) is 23.4 Å². The second kappa shape index (κ2) is 8.56. The summed E-state index contributed by atoms with van der Waals surface area (Å²) >= 11 is 1.84. The summed E-state index contributed by atoms with van der Waals surface area (Å²) in [5.41, 5.74) is 1.92. The smallest absolute Gasteiger partial charge is 0.321 e. The van der Waals surface area contributed by atoms with Gasteiger partial charge in [-0.3, -0.25) is 4.79 Å². The minimum atomic E-state index is -0.910. The second-order valence-electron chi connectivity index (χ2n) is 4.88. The van der Waals surface area contributed by atoms with Crippen molar-refractivity contribution in [3.05, 3.63) is 29.8 Å². The molecule has 2 amide bonds. The fourth-order valence-corrected chi connectivity index (χ4v) is 2.33. The van der Waals surface area contributed by atoms with E-state index in [1.54, 1.807) is 14.0 Å². The number of anilines is 1. The molecular weight excluding hydrogens is 288 g/mol. The van der Waals surface area contributed by atoms with Crippen LogP contribution in [0.3, 0.4) is 0 Å². The van der Waals surface area contributed by atoms with E-state index in [0.717, 1.165) is 11.5 Å². The van der Waals surface area contributed by atoms with Gasteiger partial charge in [-0.15, -0.1) is 0 Å². The topological polar surface area (TPSA) is 69.6 Å². The molecule has 0 aliphatic heterocycles. The molecule has 0 fully saturated rings. The van der Waals surface area contributed by atoms with E-state index in [2.05, 4.69) is 12.2 Å². The van der Waals surface area contributed by atoms with E-state index in [4.69, 9.17) is 5.11 Å². The molecule has 1 atom stereocenters. The Morgan fingerprint density at radius 1 is 1.33 bits per heavy atom. The lowest BCUT2D eigenvalue weighted by atomic mass is 10.2. The average Bonchev–Trinajstić information content (AvgIpc) is 2.46. The van der Waals surface area contributed by atoms with Crippen molar-refractivity contribution in [3.63, 3.8) is 0 Å². The Kier molecular flexibility index (Phi) is 7.08. The number of rotatable bonds is 7. The number of hydrogen-bond donors (Lipinski definition) is 2. The predicted octanol–water partition coefficient (Wildman–Crippen LogP) is 3.12. The Balaban J connectivity index is 2.52. The molecule has 0 radical (unpaired) electrons. The molecule has 0 aliphatic carbocycles. The van der Waals surface area contributed by atoms with E-state index in [1.807, 2.05) is 36.0 Å². The lowest BCUT2D eigenvalue weighted by Gasteiger charge is -2.20. The maximum atomic E-state index is 11.9. The molecule has 1 aromatic rings.